The van der Waals surface area contributed by atoms with Crippen LogP contribution in [0.4, 0.5) is 39.8 Å². The van der Waals surface area contributed by atoms with Gasteiger partial charge in [0.25, 0.3) is 0 Å². The van der Waals surface area contributed by atoms with Gasteiger partial charge < -0.3 is 10.6 Å². The number of anilines is 3. The average Bonchev–Trinajstić information content (AvgIpc) is 3.05. The molecule has 3 rings (SSSR count). The van der Waals surface area contributed by atoms with Gasteiger partial charge in [0.1, 0.15) is 0 Å². The van der Waals surface area contributed by atoms with Gasteiger partial charge >= 0.3 is 12.1 Å². The largest absolute Gasteiger partial charge is 0.337 e. The lowest BCUT2D eigenvalue weighted by Crippen LogP contribution is -2.34. The van der Waals surface area contributed by atoms with Crippen molar-refractivity contribution in [3.8, 4) is 0 Å². The minimum Gasteiger partial charge on any atom is -0.336 e. The minimum absolute atomic E-state index is 0.234. The Kier molecular flexibility index (Phi) is 4.83. The number of urea groups is 2. The van der Waals surface area contributed by atoms with Gasteiger partial charge in [-0.25, -0.2) is 22.8 Å². The van der Waals surface area contributed by atoms with E-state index in [9.17, 15) is 22.8 Å². The number of amides is 4. The molecule has 0 aliphatic carbocycles. The van der Waals surface area contributed by atoms with Crippen LogP contribution in [0.5, 0.6) is 0 Å². The molecule has 1 aliphatic rings. The molecule has 0 radical (unpaired) electrons. The Balaban J connectivity index is 1.62. The SMILES string of the molecule is O=C(NNc1ccc(F)c(F)c1F)Nc1cccc(N2CCNC2=O)c1. The predicted molar refractivity (Wildman–Crippen MR) is 89.3 cm³/mol. The molecular weight excluding hydrogens is 351 g/mol. The van der Waals surface area contributed by atoms with E-state index < -0.39 is 29.2 Å². The Morgan fingerprint density at radius 1 is 1.12 bits per heavy atom. The summed E-state index contributed by atoms with van der Waals surface area (Å²) in [5, 5.41) is 5.14. The van der Waals surface area contributed by atoms with Crippen LogP contribution in [0.15, 0.2) is 36.4 Å². The first kappa shape index (κ1) is 17.4. The van der Waals surface area contributed by atoms with Crippen molar-refractivity contribution in [2.75, 3.05) is 28.7 Å². The number of carbonyl (C=O) groups is 2. The minimum atomic E-state index is -1.64. The van der Waals surface area contributed by atoms with Crippen molar-refractivity contribution in [3.63, 3.8) is 0 Å². The molecule has 26 heavy (non-hydrogen) atoms. The highest BCUT2D eigenvalue weighted by Crippen LogP contribution is 2.21. The molecule has 1 aliphatic heterocycles. The zero-order valence-electron chi connectivity index (χ0n) is 13.3. The van der Waals surface area contributed by atoms with Crippen molar-refractivity contribution in [2.24, 2.45) is 0 Å². The first-order chi connectivity index (χ1) is 12.5. The summed E-state index contributed by atoms with van der Waals surface area (Å²) in [6.07, 6.45) is 0. The van der Waals surface area contributed by atoms with Gasteiger partial charge in [-0.05, 0) is 30.3 Å². The topological polar surface area (TPSA) is 85.5 Å². The number of rotatable bonds is 4. The van der Waals surface area contributed by atoms with Crippen LogP contribution in [-0.2, 0) is 0 Å². The van der Waals surface area contributed by atoms with Crippen LogP contribution in [-0.4, -0.2) is 25.2 Å². The standard InChI is InChI=1S/C16H14F3N5O2/c17-11-4-5-12(14(19)13(11)18)22-23-15(25)21-9-2-1-3-10(8-9)24-7-6-20-16(24)26/h1-5,8,22H,6-7H2,(H,20,26)(H2,21,23,25). The summed E-state index contributed by atoms with van der Waals surface area (Å²) in [7, 11) is 0. The highest BCUT2D eigenvalue weighted by Gasteiger charge is 2.21. The third-order valence-electron chi connectivity index (χ3n) is 3.62. The van der Waals surface area contributed by atoms with Crippen LogP contribution in [0.2, 0.25) is 0 Å². The Morgan fingerprint density at radius 3 is 2.65 bits per heavy atom. The molecule has 0 spiro atoms. The van der Waals surface area contributed by atoms with Gasteiger partial charge in [-0.3, -0.25) is 15.8 Å². The van der Waals surface area contributed by atoms with E-state index in [1.165, 1.54) is 4.90 Å². The number of nitrogens with one attached hydrogen (secondary N) is 4. The molecule has 7 nitrogen and oxygen atoms in total. The molecular formula is C16H14F3N5O2. The van der Waals surface area contributed by atoms with Crippen molar-refractivity contribution in [1.82, 2.24) is 10.7 Å². The average molecular weight is 365 g/mol. The molecule has 0 aromatic heterocycles. The van der Waals surface area contributed by atoms with Crippen LogP contribution >= 0.6 is 0 Å². The number of halogens is 3. The van der Waals surface area contributed by atoms with Gasteiger partial charge in [-0.1, -0.05) is 6.07 Å². The molecule has 2 aromatic carbocycles. The molecule has 10 heteroatoms. The van der Waals surface area contributed by atoms with Crippen molar-refractivity contribution >= 4 is 29.1 Å². The normalized spacial score (nSPS) is 13.3. The van der Waals surface area contributed by atoms with E-state index in [0.717, 1.165) is 12.1 Å². The second-order valence-corrected chi connectivity index (χ2v) is 5.36. The molecule has 1 fully saturated rings. The summed E-state index contributed by atoms with van der Waals surface area (Å²) in [5.41, 5.74) is 4.82. The molecule has 1 saturated heterocycles. The van der Waals surface area contributed by atoms with Crippen molar-refractivity contribution in [1.29, 1.82) is 0 Å². The zero-order chi connectivity index (χ0) is 18.7. The van der Waals surface area contributed by atoms with Crippen LogP contribution in [0.3, 0.4) is 0 Å². The fraction of sp³-hybridized carbons (Fsp3) is 0.125. The Hall–Kier alpha value is -3.43. The second kappa shape index (κ2) is 7.21. The third kappa shape index (κ3) is 3.63. The molecule has 4 amide bonds. The maximum atomic E-state index is 13.5. The fourth-order valence-electron chi connectivity index (χ4n) is 2.38. The van der Waals surface area contributed by atoms with Crippen LogP contribution in [0.1, 0.15) is 0 Å². The quantitative estimate of drug-likeness (QED) is 0.497. The molecule has 2 aromatic rings. The van der Waals surface area contributed by atoms with Gasteiger partial charge in [0.05, 0.1) is 5.69 Å². The lowest BCUT2D eigenvalue weighted by Gasteiger charge is -2.16. The summed E-state index contributed by atoms with van der Waals surface area (Å²) < 4.78 is 39.5. The van der Waals surface area contributed by atoms with Gasteiger partial charge in [0, 0.05) is 24.5 Å². The second-order valence-electron chi connectivity index (χ2n) is 5.36. The van der Waals surface area contributed by atoms with E-state index in [1.807, 2.05) is 0 Å². The number of carbonyl (C=O) groups excluding carboxylic acids is 2. The Morgan fingerprint density at radius 2 is 1.92 bits per heavy atom. The molecule has 0 bridgehead atoms. The van der Waals surface area contributed by atoms with Gasteiger partial charge in [-0.15, -0.1) is 0 Å². The monoisotopic (exact) mass is 365 g/mol. The van der Waals surface area contributed by atoms with E-state index >= 15 is 0 Å². The number of nitrogens with zero attached hydrogens (tertiary/aromatic N) is 1. The lowest BCUT2D eigenvalue weighted by atomic mass is 10.2. The van der Waals surface area contributed by atoms with Gasteiger partial charge in [0.15, 0.2) is 17.5 Å². The smallest absolute Gasteiger partial charge is 0.336 e. The Labute approximate surface area is 146 Å². The van der Waals surface area contributed by atoms with E-state index in [1.54, 1.807) is 24.3 Å². The van der Waals surface area contributed by atoms with Crippen molar-refractivity contribution in [3.05, 3.63) is 53.8 Å². The highest BCUT2D eigenvalue weighted by molar-refractivity contribution is 5.96. The summed E-state index contributed by atoms with van der Waals surface area (Å²) in [6.45, 7) is 1.03. The predicted octanol–water partition coefficient (Wildman–Crippen LogP) is 2.78. The van der Waals surface area contributed by atoms with E-state index in [4.69, 9.17) is 0 Å². The summed E-state index contributed by atoms with van der Waals surface area (Å²) in [6, 6.07) is 7.21. The van der Waals surface area contributed by atoms with Crippen LogP contribution < -0.4 is 26.4 Å². The molecule has 0 saturated carbocycles. The molecule has 4 N–H and O–H groups in total. The first-order valence-electron chi connectivity index (χ1n) is 7.57. The van der Waals surface area contributed by atoms with Crippen molar-refractivity contribution in [2.45, 2.75) is 0 Å². The number of hydrazine groups is 1. The summed E-state index contributed by atoms with van der Waals surface area (Å²) >= 11 is 0. The number of hydrogen-bond donors (Lipinski definition) is 4. The molecule has 136 valence electrons. The van der Waals surface area contributed by atoms with Crippen molar-refractivity contribution < 1.29 is 22.8 Å². The van der Waals surface area contributed by atoms with E-state index in [0.29, 0.717) is 24.5 Å². The van der Waals surface area contributed by atoms with E-state index in [-0.39, 0.29) is 6.03 Å². The summed E-state index contributed by atoms with van der Waals surface area (Å²) in [4.78, 5) is 25.1. The molecule has 0 unspecified atom stereocenters. The highest BCUT2D eigenvalue weighted by atomic mass is 19.2. The van der Waals surface area contributed by atoms with Gasteiger partial charge in [-0.2, -0.15) is 0 Å². The molecule has 0 atom stereocenters. The van der Waals surface area contributed by atoms with Crippen LogP contribution in [0.25, 0.3) is 0 Å². The van der Waals surface area contributed by atoms with Crippen LogP contribution in [0, 0.1) is 17.5 Å². The maximum absolute atomic E-state index is 13.5. The zero-order valence-corrected chi connectivity index (χ0v) is 13.3. The number of benzene rings is 2. The number of hydrogen-bond acceptors (Lipinski definition) is 3. The van der Waals surface area contributed by atoms with Gasteiger partial charge in [0.2, 0.25) is 0 Å². The fourth-order valence-corrected chi connectivity index (χ4v) is 2.38. The lowest BCUT2D eigenvalue weighted by molar-refractivity contribution is 0.252. The Bertz CT molecular complexity index is 862. The molecule has 1 heterocycles. The maximum Gasteiger partial charge on any atom is 0.337 e. The van der Waals surface area contributed by atoms with E-state index in [2.05, 4.69) is 21.5 Å². The summed E-state index contributed by atoms with van der Waals surface area (Å²) in [5.74, 6) is -4.43. The third-order valence-corrected chi connectivity index (χ3v) is 3.62. The first-order valence-corrected chi connectivity index (χ1v) is 7.57.